The summed E-state index contributed by atoms with van der Waals surface area (Å²) in [5, 5.41) is 8.93. The van der Waals surface area contributed by atoms with Crippen LogP contribution in [0.3, 0.4) is 0 Å². The molecule has 8 heteroatoms. The molecule has 0 saturated heterocycles. The number of anilines is 1. The van der Waals surface area contributed by atoms with E-state index >= 15 is 0 Å². The summed E-state index contributed by atoms with van der Waals surface area (Å²) in [6, 6.07) is 5.53. The Kier molecular flexibility index (Phi) is 4.39. The van der Waals surface area contributed by atoms with E-state index < -0.39 is 10.0 Å². The highest BCUT2D eigenvalue weighted by molar-refractivity contribution is 7.89. The van der Waals surface area contributed by atoms with Gasteiger partial charge in [0, 0.05) is 17.8 Å². The quantitative estimate of drug-likeness (QED) is 0.775. The SMILES string of the molecule is CC(C)NS(=O)(=O)c1ccc(C(=O)Nc2cn[nH]c2)cc1. The van der Waals surface area contributed by atoms with Crippen molar-refractivity contribution >= 4 is 21.6 Å². The van der Waals surface area contributed by atoms with E-state index in [1.807, 2.05) is 0 Å². The van der Waals surface area contributed by atoms with Crippen molar-refractivity contribution < 1.29 is 13.2 Å². The lowest BCUT2D eigenvalue weighted by atomic mass is 10.2. The van der Waals surface area contributed by atoms with Crippen molar-refractivity contribution in [3.63, 3.8) is 0 Å². The van der Waals surface area contributed by atoms with E-state index in [0.29, 0.717) is 11.3 Å². The lowest BCUT2D eigenvalue weighted by Gasteiger charge is -2.10. The Morgan fingerprint density at radius 1 is 1.24 bits per heavy atom. The number of rotatable bonds is 5. The van der Waals surface area contributed by atoms with Gasteiger partial charge in [0.2, 0.25) is 10.0 Å². The van der Waals surface area contributed by atoms with Crippen molar-refractivity contribution in [2.75, 3.05) is 5.32 Å². The maximum absolute atomic E-state index is 12.0. The number of sulfonamides is 1. The number of nitrogens with one attached hydrogen (secondary N) is 3. The molecule has 1 aromatic heterocycles. The molecule has 0 unspecified atom stereocenters. The molecular formula is C13H16N4O3S. The lowest BCUT2D eigenvalue weighted by molar-refractivity contribution is 0.102. The lowest BCUT2D eigenvalue weighted by Crippen LogP contribution is -2.30. The summed E-state index contributed by atoms with van der Waals surface area (Å²) in [6.07, 6.45) is 3.02. The Morgan fingerprint density at radius 2 is 1.90 bits per heavy atom. The molecule has 112 valence electrons. The minimum atomic E-state index is -3.55. The molecular weight excluding hydrogens is 292 g/mol. The number of aromatic nitrogens is 2. The third-order valence-corrected chi connectivity index (χ3v) is 4.25. The summed E-state index contributed by atoms with van der Waals surface area (Å²) in [4.78, 5) is 12.1. The van der Waals surface area contributed by atoms with Crippen molar-refractivity contribution in [2.45, 2.75) is 24.8 Å². The predicted molar refractivity (Wildman–Crippen MR) is 78.4 cm³/mol. The van der Waals surface area contributed by atoms with Crippen LogP contribution in [0.2, 0.25) is 0 Å². The molecule has 0 aliphatic heterocycles. The van der Waals surface area contributed by atoms with Crippen LogP contribution >= 0.6 is 0 Å². The van der Waals surface area contributed by atoms with Gasteiger partial charge < -0.3 is 5.32 Å². The Bertz CT molecular complexity index is 706. The molecule has 0 fully saturated rings. The van der Waals surface area contributed by atoms with Crippen molar-refractivity contribution in [1.29, 1.82) is 0 Å². The second kappa shape index (κ2) is 6.06. The van der Waals surface area contributed by atoms with E-state index in [9.17, 15) is 13.2 Å². The summed E-state index contributed by atoms with van der Waals surface area (Å²) in [6.45, 7) is 3.48. The first kappa shape index (κ1) is 15.2. The second-order valence-corrected chi connectivity index (χ2v) is 6.46. The van der Waals surface area contributed by atoms with Crippen LogP contribution in [0.15, 0.2) is 41.6 Å². The number of carbonyl (C=O) groups excluding carboxylic acids is 1. The summed E-state index contributed by atoms with van der Waals surface area (Å²) in [5.74, 6) is -0.336. The zero-order valence-electron chi connectivity index (χ0n) is 11.6. The van der Waals surface area contributed by atoms with E-state index in [-0.39, 0.29) is 16.8 Å². The fourth-order valence-corrected chi connectivity index (χ4v) is 2.94. The van der Waals surface area contributed by atoms with Gasteiger partial charge in [0.05, 0.1) is 16.8 Å². The molecule has 1 aromatic carbocycles. The summed E-state index contributed by atoms with van der Waals surface area (Å²) in [7, 11) is -3.55. The van der Waals surface area contributed by atoms with Gasteiger partial charge in [-0.1, -0.05) is 0 Å². The Morgan fingerprint density at radius 3 is 2.43 bits per heavy atom. The van der Waals surface area contributed by atoms with Crippen molar-refractivity contribution in [1.82, 2.24) is 14.9 Å². The van der Waals surface area contributed by atoms with Gasteiger partial charge in [-0.15, -0.1) is 0 Å². The standard InChI is InChI=1S/C13H16N4O3S/c1-9(2)17-21(19,20)12-5-3-10(4-6-12)13(18)16-11-7-14-15-8-11/h3-9,17H,1-2H3,(H,14,15)(H,16,18). The van der Waals surface area contributed by atoms with E-state index in [4.69, 9.17) is 0 Å². The maximum atomic E-state index is 12.0. The number of carbonyl (C=O) groups is 1. The Labute approximate surface area is 122 Å². The van der Waals surface area contributed by atoms with E-state index in [1.54, 1.807) is 20.0 Å². The van der Waals surface area contributed by atoms with Gasteiger partial charge in [0.25, 0.3) is 5.91 Å². The topological polar surface area (TPSA) is 104 Å². The van der Waals surface area contributed by atoms with Crippen molar-refractivity contribution in [3.8, 4) is 0 Å². The molecule has 0 atom stereocenters. The van der Waals surface area contributed by atoms with Crippen LogP contribution in [0, 0.1) is 0 Å². The third kappa shape index (κ3) is 3.89. The highest BCUT2D eigenvalue weighted by atomic mass is 32.2. The minimum Gasteiger partial charge on any atom is -0.319 e. The Hall–Kier alpha value is -2.19. The number of aromatic amines is 1. The fourth-order valence-electron chi connectivity index (χ4n) is 1.69. The number of hydrogen-bond acceptors (Lipinski definition) is 4. The molecule has 1 heterocycles. The van der Waals surface area contributed by atoms with Gasteiger partial charge in [0.15, 0.2) is 0 Å². The molecule has 21 heavy (non-hydrogen) atoms. The summed E-state index contributed by atoms with van der Waals surface area (Å²) >= 11 is 0. The van der Waals surface area contributed by atoms with Gasteiger partial charge in [-0.05, 0) is 38.1 Å². The van der Waals surface area contributed by atoms with Gasteiger partial charge in [-0.2, -0.15) is 5.10 Å². The first-order valence-corrected chi connectivity index (χ1v) is 7.79. The molecule has 0 aliphatic carbocycles. The molecule has 7 nitrogen and oxygen atoms in total. The second-order valence-electron chi connectivity index (χ2n) is 4.74. The van der Waals surface area contributed by atoms with Crippen molar-refractivity contribution in [2.24, 2.45) is 0 Å². The van der Waals surface area contributed by atoms with Gasteiger partial charge in [-0.25, -0.2) is 13.1 Å². The molecule has 2 rings (SSSR count). The van der Waals surface area contributed by atoms with Crippen LogP contribution in [-0.4, -0.2) is 30.6 Å². The van der Waals surface area contributed by atoms with Gasteiger partial charge in [-0.3, -0.25) is 9.89 Å². The maximum Gasteiger partial charge on any atom is 0.255 e. The molecule has 0 bridgehead atoms. The Balaban J connectivity index is 2.13. The van der Waals surface area contributed by atoms with Crippen LogP contribution in [0.25, 0.3) is 0 Å². The van der Waals surface area contributed by atoms with E-state index in [0.717, 1.165) is 0 Å². The molecule has 3 N–H and O–H groups in total. The van der Waals surface area contributed by atoms with Crippen LogP contribution in [0.1, 0.15) is 24.2 Å². The number of hydrogen-bond donors (Lipinski definition) is 3. The molecule has 1 amide bonds. The number of amides is 1. The zero-order valence-corrected chi connectivity index (χ0v) is 12.4. The highest BCUT2D eigenvalue weighted by Crippen LogP contribution is 2.12. The molecule has 0 saturated carbocycles. The summed E-state index contributed by atoms with van der Waals surface area (Å²) in [5.41, 5.74) is 0.901. The van der Waals surface area contributed by atoms with Gasteiger partial charge in [0.1, 0.15) is 0 Å². The smallest absolute Gasteiger partial charge is 0.255 e. The zero-order chi connectivity index (χ0) is 15.5. The normalized spacial score (nSPS) is 11.6. The molecule has 0 radical (unpaired) electrons. The van der Waals surface area contributed by atoms with Crippen LogP contribution < -0.4 is 10.0 Å². The van der Waals surface area contributed by atoms with Crippen LogP contribution in [0.4, 0.5) is 5.69 Å². The molecule has 0 aliphatic rings. The average Bonchev–Trinajstić information content (AvgIpc) is 2.90. The largest absolute Gasteiger partial charge is 0.319 e. The number of benzene rings is 1. The monoisotopic (exact) mass is 308 g/mol. The first-order valence-electron chi connectivity index (χ1n) is 6.31. The molecule has 2 aromatic rings. The van der Waals surface area contributed by atoms with Crippen LogP contribution in [0.5, 0.6) is 0 Å². The predicted octanol–water partition coefficient (Wildman–Crippen LogP) is 1.35. The van der Waals surface area contributed by atoms with E-state index in [2.05, 4.69) is 20.2 Å². The van der Waals surface area contributed by atoms with Gasteiger partial charge >= 0.3 is 0 Å². The number of H-pyrrole nitrogens is 1. The molecule has 0 spiro atoms. The minimum absolute atomic E-state index is 0.121. The number of nitrogens with zero attached hydrogens (tertiary/aromatic N) is 1. The average molecular weight is 308 g/mol. The highest BCUT2D eigenvalue weighted by Gasteiger charge is 2.16. The van der Waals surface area contributed by atoms with E-state index in [1.165, 1.54) is 30.5 Å². The van der Waals surface area contributed by atoms with Crippen LogP contribution in [-0.2, 0) is 10.0 Å². The summed E-state index contributed by atoms with van der Waals surface area (Å²) < 4.78 is 26.4. The van der Waals surface area contributed by atoms with Crippen molar-refractivity contribution in [3.05, 3.63) is 42.2 Å². The fraction of sp³-hybridized carbons (Fsp3) is 0.231. The third-order valence-electron chi connectivity index (χ3n) is 2.57. The first-order chi connectivity index (χ1) is 9.88.